The molecule has 104 valence electrons. The Bertz CT molecular complexity index is 440. The van der Waals surface area contributed by atoms with Gasteiger partial charge in [-0.25, -0.2) is 5.84 Å². The van der Waals surface area contributed by atoms with Crippen LogP contribution in [0, 0.1) is 0 Å². The molecule has 2 rings (SSSR count). The number of nitrogens with two attached hydrogens (primary N) is 1. The van der Waals surface area contributed by atoms with E-state index in [1.165, 1.54) is 6.42 Å². The molecule has 0 atom stereocenters. The van der Waals surface area contributed by atoms with Gasteiger partial charge in [-0.1, -0.05) is 0 Å². The highest BCUT2D eigenvalue weighted by atomic mass is 16.1. The van der Waals surface area contributed by atoms with Crippen molar-refractivity contribution in [2.24, 2.45) is 5.84 Å². The van der Waals surface area contributed by atoms with Crippen molar-refractivity contribution in [3.05, 3.63) is 17.8 Å². The van der Waals surface area contributed by atoms with E-state index in [0.717, 1.165) is 12.8 Å². The summed E-state index contributed by atoms with van der Waals surface area (Å²) in [4.78, 5) is 14.2. The first-order valence-electron chi connectivity index (χ1n) is 6.33. The lowest BCUT2D eigenvalue weighted by Gasteiger charge is -2.47. The average molecular weight is 264 g/mol. The molecule has 7 nitrogen and oxygen atoms in total. The first kappa shape index (κ1) is 13.7. The van der Waals surface area contributed by atoms with Crippen LogP contribution in [0.25, 0.3) is 0 Å². The summed E-state index contributed by atoms with van der Waals surface area (Å²) in [6.45, 7) is 0.636. The van der Waals surface area contributed by atoms with E-state index in [4.69, 9.17) is 5.84 Å². The molecule has 19 heavy (non-hydrogen) atoms. The monoisotopic (exact) mass is 264 g/mol. The molecule has 1 saturated carbocycles. The predicted octanol–water partition coefficient (Wildman–Crippen LogP) is -0.0237. The average Bonchev–Trinajstić information content (AvgIpc) is 2.37. The topological polar surface area (TPSA) is 96.2 Å². The molecule has 7 heteroatoms. The van der Waals surface area contributed by atoms with Crippen molar-refractivity contribution in [3.8, 4) is 0 Å². The zero-order valence-corrected chi connectivity index (χ0v) is 11.3. The molecule has 0 aliphatic heterocycles. The van der Waals surface area contributed by atoms with Gasteiger partial charge in [-0.15, -0.1) is 10.2 Å². The Morgan fingerprint density at radius 2 is 2.16 bits per heavy atom. The second-order valence-corrected chi connectivity index (χ2v) is 5.10. The van der Waals surface area contributed by atoms with Gasteiger partial charge >= 0.3 is 0 Å². The SMILES string of the molecule is CN(C)C1(CNC(=O)c2ccc(NN)nn2)CCC1. The van der Waals surface area contributed by atoms with Gasteiger partial charge in [-0.3, -0.25) is 4.79 Å². The number of hydrogen-bond acceptors (Lipinski definition) is 6. The van der Waals surface area contributed by atoms with Crippen LogP contribution in [0.5, 0.6) is 0 Å². The Hall–Kier alpha value is -1.73. The molecule has 0 spiro atoms. The van der Waals surface area contributed by atoms with Crippen LogP contribution in [0.1, 0.15) is 29.8 Å². The predicted molar refractivity (Wildman–Crippen MR) is 72.4 cm³/mol. The normalized spacial score (nSPS) is 16.8. The third-order valence-electron chi connectivity index (χ3n) is 3.86. The van der Waals surface area contributed by atoms with Gasteiger partial charge in [0, 0.05) is 12.1 Å². The van der Waals surface area contributed by atoms with Gasteiger partial charge in [0.1, 0.15) is 0 Å². The number of aromatic nitrogens is 2. The minimum absolute atomic E-state index is 0.0991. The first-order valence-corrected chi connectivity index (χ1v) is 6.33. The van der Waals surface area contributed by atoms with E-state index < -0.39 is 0 Å². The maximum absolute atomic E-state index is 12.0. The maximum Gasteiger partial charge on any atom is 0.271 e. The van der Waals surface area contributed by atoms with Gasteiger partial charge in [0.25, 0.3) is 5.91 Å². The van der Waals surface area contributed by atoms with Gasteiger partial charge in [0.05, 0.1) is 0 Å². The molecule has 1 fully saturated rings. The van der Waals surface area contributed by atoms with Crippen molar-refractivity contribution in [3.63, 3.8) is 0 Å². The van der Waals surface area contributed by atoms with Crippen LogP contribution < -0.4 is 16.6 Å². The zero-order chi connectivity index (χ0) is 13.9. The molecule has 4 N–H and O–H groups in total. The number of anilines is 1. The molecule has 0 radical (unpaired) electrons. The fraction of sp³-hybridized carbons (Fsp3) is 0.583. The fourth-order valence-corrected chi connectivity index (χ4v) is 2.23. The summed E-state index contributed by atoms with van der Waals surface area (Å²) < 4.78 is 0. The Labute approximate surface area is 112 Å². The number of amides is 1. The lowest BCUT2D eigenvalue weighted by molar-refractivity contribution is 0.0556. The van der Waals surface area contributed by atoms with Crippen LogP contribution >= 0.6 is 0 Å². The van der Waals surface area contributed by atoms with E-state index in [1.807, 2.05) is 14.1 Å². The number of nitrogen functional groups attached to an aromatic ring is 1. The molecule has 0 bridgehead atoms. The number of nitrogens with one attached hydrogen (secondary N) is 2. The van der Waals surface area contributed by atoms with Crippen molar-refractivity contribution in [1.29, 1.82) is 0 Å². The number of hydrazine groups is 1. The fourth-order valence-electron chi connectivity index (χ4n) is 2.23. The molecule has 1 amide bonds. The van der Waals surface area contributed by atoms with Crippen molar-refractivity contribution >= 4 is 11.7 Å². The van der Waals surface area contributed by atoms with Crippen LogP contribution in [0.4, 0.5) is 5.82 Å². The third kappa shape index (κ3) is 2.82. The molecule has 1 aromatic rings. The second-order valence-electron chi connectivity index (χ2n) is 5.10. The summed E-state index contributed by atoms with van der Waals surface area (Å²) in [6, 6.07) is 3.22. The summed E-state index contributed by atoms with van der Waals surface area (Å²) in [5.74, 6) is 5.42. The smallest absolute Gasteiger partial charge is 0.271 e. The largest absolute Gasteiger partial charge is 0.349 e. The Kier molecular flexibility index (Phi) is 3.96. The van der Waals surface area contributed by atoms with Crippen LogP contribution in [0.2, 0.25) is 0 Å². The van der Waals surface area contributed by atoms with Gasteiger partial charge in [0.2, 0.25) is 0 Å². The molecule has 0 unspecified atom stereocenters. The number of nitrogens with zero attached hydrogens (tertiary/aromatic N) is 3. The lowest BCUT2D eigenvalue weighted by Crippen LogP contribution is -2.57. The first-order chi connectivity index (χ1) is 9.07. The number of carbonyl (C=O) groups excluding carboxylic acids is 1. The number of hydrogen-bond donors (Lipinski definition) is 3. The summed E-state index contributed by atoms with van der Waals surface area (Å²) in [7, 11) is 4.10. The van der Waals surface area contributed by atoms with Gasteiger partial charge < -0.3 is 15.6 Å². The molecular weight excluding hydrogens is 244 g/mol. The Morgan fingerprint density at radius 3 is 2.58 bits per heavy atom. The summed E-state index contributed by atoms with van der Waals surface area (Å²) in [5.41, 5.74) is 2.77. The molecule has 0 aromatic carbocycles. The number of likely N-dealkylation sites (N-methyl/N-ethyl adjacent to an activating group) is 1. The lowest BCUT2D eigenvalue weighted by atomic mass is 9.75. The Balaban J connectivity index is 1.93. The van der Waals surface area contributed by atoms with Crippen LogP contribution in [-0.2, 0) is 0 Å². The van der Waals surface area contributed by atoms with Crippen molar-refractivity contribution < 1.29 is 4.79 Å². The Morgan fingerprint density at radius 1 is 1.42 bits per heavy atom. The number of rotatable bonds is 5. The van der Waals surface area contributed by atoms with E-state index in [2.05, 4.69) is 25.8 Å². The highest BCUT2D eigenvalue weighted by Crippen LogP contribution is 2.35. The second kappa shape index (κ2) is 5.50. The summed E-state index contributed by atoms with van der Waals surface area (Å²) in [5, 5.41) is 10.5. The van der Waals surface area contributed by atoms with Crippen LogP contribution in [0.3, 0.4) is 0 Å². The minimum Gasteiger partial charge on any atom is -0.349 e. The van der Waals surface area contributed by atoms with E-state index in [1.54, 1.807) is 12.1 Å². The molecule has 0 saturated heterocycles. The van der Waals surface area contributed by atoms with Gasteiger partial charge in [-0.2, -0.15) is 0 Å². The van der Waals surface area contributed by atoms with Crippen molar-refractivity contribution in [2.45, 2.75) is 24.8 Å². The van der Waals surface area contributed by atoms with Crippen molar-refractivity contribution in [1.82, 2.24) is 20.4 Å². The highest BCUT2D eigenvalue weighted by molar-refractivity contribution is 5.92. The quantitative estimate of drug-likeness (QED) is 0.511. The summed E-state index contributed by atoms with van der Waals surface area (Å²) in [6.07, 6.45) is 3.44. The van der Waals surface area contributed by atoms with Gasteiger partial charge in [-0.05, 0) is 45.5 Å². The van der Waals surface area contributed by atoms with E-state index in [9.17, 15) is 4.79 Å². The van der Waals surface area contributed by atoms with Crippen molar-refractivity contribution in [2.75, 3.05) is 26.1 Å². The standard InChI is InChI=1S/C12H20N6O/c1-18(2)12(6-3-7-12)8-14-11(19)9-4-5-10(15-13)17-16-9/h4-5H,3,6-8,13H2,1-2H3,(H,14,19)(H,15,17). The van der Waals surface area contributed by atoms with Crippen LogP contribution in [0.15, 0.2) is 12.1 Å². The van der Waals surface area contributed by atoms with Crippen LogP contribution in [-0.4, -0.2) is 47.2 Å². The van der Waals surface area contributed by atoms with Gasteiger partial charge in [0.15, 0.2) is 11.5 Å². The molecular formula is C12H20N6O. The maximum atomic E-state index is 12.0. The van der Waals surface area contributed by atoms with E-state index in [-0.39, 0.29) is 11.4 Å². The van der Waals surface area contributed by atoms with E-state index in [0.29, 0.717) is 18.1 Å². The summed E-state index contributed by atoms with van der Waals surface area (Å²) >= 11 is 0. The molecule has 1 aliphatic carbocycles. The van der Waals surface area contributed by atoms with E-state index >= 15 is 0 Å². The minimum atomic E-state index is -0.204. The zero-order valence-electron chi connectivity index (χ0n) is 11.3. The molecule has 1 heterocycles. The third-order valence-corrected chi connectivity index (χ3v) is 3.86. The number of carbonyl (C=O) groups is 1. The highest BCUT2D eigenvalue weighted by Gasteiger charge is 2.39. The molecule has 1 aromatic heterocycles. The molecule has 1 aliphatic rings.